The molecule has 0 radical (unpaired) electrons. The van der Waals surface area contributed by atoms with Gasteiger partial charge < -0.3 is 9.64 Å². The third-order valence-corrected chi connectivity index (χ3v) is 3.91. The minimum Gasteiger partial charge on any atom is -0.497 e. The van der Waals surface area contributed by atoms with Crippen LogP contribution in [0.15, 0.2) is 48.5 Å². The van der Waals surface area contributed by atoms with Gasteiger partial charge in [-0.3, -0.25) is 4.79 Å². The molecule has 0 aliphatic rings. The molecule has 0 spiro atoms. The Morgan fingerprint density at radius 2 is 1.96 bits per heavy atom. The molecule has 4 nitrogen and oxygen atoms in total. The average Bonchev–Trinajstić information content (AvgIpc) is 2.62. The molecule has 0 saturated carbocycles. The van der Waals surface area contributed by atoms with Crippen LogP contribution in [0.5, 0.6) is 5.75 Å². The van der Waals surface area contributed by atoms with Crippen LogP contribution in [-0.4, -0.2) is 24.5 Å². The zero-order valence-electron chi connectivity index (χ0n) is 13.6. The molecule has 1 atom stereocenters. The highest BCUT2D eigenvalue weighted by atomic mass is 16.5. The maximum Gasteiger partial charge on any atom is 0.254 e. The lowest BCUT2D eigenvalue weighted by molar-refractivity contribution is 0.0702. The van der Waals surface area contributed by atoms with Gasteiger partial charge in [-0.25, -0.2) is 0 Å². The monoisotopic (exact) mass is 308 g/mol. The summed E-state index contributed by atoms with van der Waals surface area (Å²) in [5.41, 5.74) is 2.22. The van der Waals surface area contributed by atoms with Crippen LogP contribution in [0.3, 0.4) is 0 Å². The number of benzene rings is 2. The lowest BCUT2D eigenvalue weighted by atomic mass is 10.0. The molecule has 0 aliphatic carbocycles. The Hall–Kier alpha value is -2.80. The minimum atomic E-state index is -0.0774. The fourth-order valence-corrected chi connectivity index (χ4v) is 2.53. The van der Waals surface area contributed by atoms with Crippen LogP contribution in [0.2, 0.25) is 0 Å². The maximum atomic E-state index is 12.8. The first-order valence-electron chi connectivity index (χ1n) is 7.55. The molecule has 0 aliphatic heterocycles. The van der Waals surface area contributed by atoms with E-state index >= 15 is 0 Å². The molecule has 23 heavy (non-hydrogen) atoms. The van der Waals surface area contributed by atoms with Crippen LogP contribution >= 0.6 is 0 Å². The smallest absolute Gasteiger partial charge is 0.254 e. The topological polar surface area (TPSA) is 53.3 Å². The minimum absolute atomic E-state index is 0.0386. The fraction of sp³-hybridized carbons (Fsp3) is 0.263. The highest BCUT2D eigenvalue weighted by molar-refractivity contribution is 5.94. The van der Waals surface area contributed by atoms with Gasteiger partial charge in [0.25, 0.3) is 5.91 Å². The average molecular weight is 308 g/mol. The summed E-state index contributed by atoms with van der Waals surface area (Å²) in [6.07, 6.45) is 0. The van der Waals surface area contributed by atoms with E-state index in [0.717, 1.165) is 5.56 Å². The molecule has 2 aromatic carbocycles. The molecule has 0 N–H and O–H groups in total. The Balaban J connectivity index is 2.26. The van der Waals surface area contributed by atoms with Gasteiger partial charge in [-0.05, 0) is 49.7 Å². The summed E-state index contributed by atoms with van der Waals surface area (Å²) in [6, 6.07) is 16.5. The molecule has 0 saturated heterocycles. The quantitative estimate of drug-likeness (QED) is 0.844. The molecule has 2 rings (SSSR count). The first-order chi connectivity index (χ1) is 11.1. The normalized spacial score (nSPS) is 11.4. The Labute approximate surface area is 136 Å². The second-order valence-corrected chi connectivity index (χ2v) is 5.23. The number of methoxy groups -OCH3 is 1. The second-order valence-electron chi connectivity index (χ2n) is 5.23. The third-order valence-electron chi connectivity index (χ3n) is 3.91. The van der Waals surface area contributed by atoms with Gasteiger partial charge in [0.15, 0.2) is 0 Å². The van der Waals surface area contributed by atoms with Crippen molar-refractivity contribution in [2.45, 2.75) is 19.9 Å². The van der Waals surface area contributed by atoms with Gasteiger partial charge in [0.05, 0.1) is 24.8 Å². The number of hydrogen-bond acceptors (Lipinski definition) is 3. The van der Waals surface area contributed by atoms with Gasteiger partial charge in [-0.1, -0.05) is 18.2 Å². The van der Waals surface area contributed by atoms with E-state index in [-0.39, 0.29) is 11.9 Å². The summed E-state index contributed by atoms with van der Waals surface area (Å²) in [7, 11) is 1.58. The summed E-state index contributed by atoms with van der Waals surface area (Å²) in [5, 5.41) is 8.88. The number of carbonyl (C=O) groups is 1. The Bertz CT molecular complexity index is 717. The second kappa shape index (κ2) is 7.46. The summed E-state index contributed by atoms with van der Waals surface area (Å²) in [4.78, 5) is 14.6. The Morgan fingerprint density at radius 3 is 2.52 bits per heavy atom. The van der Waals surface area contributed by atoms with Crippen molar-refractivity contribution in [3.8, 4) is 11.8 Å². The fourth-order valence-electron chi connectivity index (χ4n) is 2.53. The van der Waals surface area contributed by atoms with E-state index < -0.39 is 0 Å². The third kappa shape index (κ3) is 3.70. The first kappa shape index (κ1) is 16.6. The van der Waals surface area contributed by atoms with Gasteiger partial charge in [0.2, 0.25) is 0 Å². The van der Waals surface area contributed by atoms with Crippen molar-refractivity contribution in [3.63, 3.8) is 0 Å². The van der Waals surface area contributed by atoms with Crippen LogP contribution in [0, 0.1) is 11.3 Å². The molecule has 0 fully saturated rings. The summed E-state index contributed by atoms with van der Waals surface area (Å²) in [6.45, 7) is 4.54. The zero-order valence-corrected chi connectivity index (χ0v) is 13.6. The summed E-state index contributed by atoms with van der Waals surface area (Å²) < 4.78 is 5.19. The van der Waals surface area contributed by atoms with Gasteiger partial charge in [0.1, 0.15) is 5.75 Å². The van der Waals surface area contributed by atoms with Gasteiger partial charge in [-0.2, -0.15) is 5.26 Å². The van der Waals surface area contributed by atoms with E-state index in [1.165, 1.54) is 0 Å². The van der Waals surface area contributed by atoms with E-state index in [9.17, 15) is 4.79 Å². The van der Waals surface area contributed by atoms with Crippen molar-refractivity contribution in [2.24, 2.45) is 0 Å². The van der Waals surface area contributed by atoms with E-state index in [1.54, 1.807) is 36.3 Å². The van der Waals surface area contributed by atoms with Crippen molar-refractivity contribution in [1.29, 1.82) is 5.26 Å². The first-order valence-corrected chi connectivity index (χ1v) is 7.55. The largest absolute Gasteiger partial charge is 0.497 e. The van der Waals surface area contributed by atoms with Crippen LogP contribution in [0.4, 0.5) is 0 Å². The molecule has 0 heterocycles. The molecule has 2 aromatic rings. The van der Waals surface area contributed by atoms with Crippen molar-refractivity contribution < 1.29 is 9.53 Å². The van der Waals surface area contributed by atoms with Crippen LogP contribution in [0.25, 0.3) is 0 Å². The molecule has 0 bridgehead atoms. The molecule has 0 aromatic heterocycles. The number of nitriles is 1. The number of nitrogens with zero attached hydrogens (tertiary/aromatic N) is 2. The molecular weight excluding hydrogens is 288 g/mol. The highest BCUT2D eigenvalue weighted by Crippen LogP contribution is 2.23. The Kier molecular flexibility index (Phi) is 5.37. The van der Waals surface area contributed by atoms with E-state index in [4.69, 9.17) is 10.00 Å². The summed E-state index contributed by atoms with van der Waals surface area (Å²) >= 11 is 0. The van der Waals surface area contributed by atoms with E-state index in [1.807, 2.05) is 38.1 Å². The number of carbonyl (C=O) groups excluding carboxylic acids is 1. The van der Waals surface area contributed by atoms with Gasteiger partial charge in [-0.15, -0.1) is 0 Å². The Morgan fingerprint density at radius 1 is 1.26 bits per heavy atom. The number of rotatable bonds is 5. The molecule has 118 valence electrons. The molecule has 1 unspecified atom stereocenters. The van der Waals surface area contributed by atoms with Gasteiger partial charge >= 0.3 is 0 Å². The zero-order chi connectivity index (χ0) is 16.8. The molecule has 1 amide bonds. The predicted molar refractivity (Wildman–Crippen MR) is 89.3 cm³/mol. The van der Waals surface area contributed by atoms with Crippen molar-refractivity contribution in [3.05, 3.63) is 65.2 Å². The predicted octanol–water partition coefficient (Wildman–Crippen LogP) is 3.79. The van der Waals surface area contributed by atoms with Gasteiger partial charge in [0, 0.05) is 12.1 Å². The van der Waals surface area contributed by atoms with Crippen LogP contribution in [0.1, 0.15) is 41.4 Å². The van der Waals surface area contributed by atoms with E-state index in [2.05, 4.69) is 6.07 Å². The highest BCUT2D eigenvalue weighted by Gasteiger charge is 2.21. The molecular formula is C19H20N2O2. The molecule has 4 heteroatoms. The van der Waals surface area contributed by atoms with Crippen molar-refractivity contribution >= 4 is 5.91 Å². The SMILES string of the molecule is CCN(C(=O)c1cccc(OC)c1)C(C)c1ccc(C#N)cc1. The van der Waals surface area contributed by atoms with Crippen LogP contribution in [-0.2, 0) is 0 Å². The lowest BCUT2D eigenvalue weighted by Crippen LogP contribution is -2.33. The number of ether oxygens (including phenoxy) is 1. The van der Waals surface area contributed by atoms with Crippen molar-refractivity contribution in [1.82, 2.24) is 4.90 Å². The van der Waals surface area contributed by atoms with E-state index in [0.29, 0.717) is 23.4 Å². The lowest BCUT2D eigenvalue weighted by Gasteiger charge is -2.28. The number of amides is 1. The number of hydrogen-bond donors (Lipinski definition) is 0. The standard InChI is InChI=1S/C19H20N2O2/c1-4-21(14(2)16-10-8-15(13-20)9-11-16)19(22)17-6-5-7-18(12-17)23-3/h5-12,14H,4H2,1-3H3. The maximum absolute atomic E-state index is 12.8. The van der Waals surface area contributed by atoms with Crippen molar-refractivity contribution in [2.75, 3.05) is 13.7 Å². The van der Waals surface area contributed by atoms with Crippen LogP contribution < -0.4 is 4.74 Å². The summed E-state index contributed by atoms with van der Waals surface area (Å²) in [5.74, 6) is 0.626.